The third kappa shape index (κ3) is 3.31. The lowest BCUT2D eigenvalue weighted by Crippen LogP contribution is -2.44. The van der Waals surface area contributed by atoms with E-state index in [2.05, 4.69) is 48.0 Å². The van der Waals surface area contributed by atoms with Crippen LogP contribution in [0.2, 0.25) is 0 Å². The second kappa shape index (κ2) is 6.32. The molecule has 3 heteroatoms. The molecule has 0 bridgehead atoms. The minimum atomic E-state index is 0.222. The number of nitrogens with zero attached hydrogens (tertiary/aromatic N) is 2. The Hall–Kier alpha value is -0.900. The van der Waals surface area contributed by atoms with Crippen molar-refractivity contribution in [2.45, 2.75) is 19.4 Å². The molecule has 18 heavy (non-hydrogen) atoms. The van der Waals surface area contributed by atoms with Gasteiger partial charge in [-0.05, 0) is 18.2 Å². The highest BCUT2D eigenvalue weighted by Gasteiger charge is 2.16. The fourth-order valence-corrected chi connectivity index (χ4v) is 2.50. The number of hydrogen-bond donors (Lipinski definition) is 1. The quantitative estimate of drug-likeness (QED) is 0.875. The molecule has 1 unspecified atom stereocenters. The standard InChI is InChI=1S/C15H24N2O/c1-13(12-18)15-6-4-3-5-14(15)11-17-9-7-16(2)8-10-17/h3-6,13,18H,7-12H2,1-2H3. The molecular formula is C15H24N2O. The molecule has 1 heterocycles. The summed E-state index contributed by atoms with van der Waals surface area (Å²) in [5.41, 5.74) is 2.66. The number of hydrogen-bond acceptors (Lipinski definition) is 3. The van der Waals surface area contributed by atoms with Gasteiger partial charge in [-0.15, -0.1) is 0 Å². The van der Waals surface area contributed by atoms with E-state index in [1.807, 2.05) is 0 Å². The minimum absolute atomic E-state index is 0.222. The monoisotopic (exact) mass is 248 g/mol. The van der Waals surface area contributed by atoms with Crippen molar-refractivity contribution in [1.29, 1.82) is 0 Å². The van der Waals surface area contributed by atoms with Crippen molar-refractivity contribution in [2.75, 3.05) is 39.8 Å². The molecule has 0 spiro atoms. The fraction of sp³-hybridized carbons (Fsp3) is 0.600. The number of benzene rings is 1. The molecular weight excluding hydrogens is 224 g/mol. The number of aliphatic hydroxyl groups excluding tert-OH is 1. The maximum Gasteiger partial charge on any atom is 0.0497 e. The Kier molecular flexibility index (Phi) is 4.75. The van der Waals surface area contributed by atoms with Crippen LogP contribution >= 0.6 is 0 Å². The molecule has 1 saturated heterocycles. The van der Waals surface area contributed by atoms with Crippen LogP contribution in [-0.4, -0.2) is 54.7 Å². The van der Waals surface area contributed by atoms with Gasteiger partial charge in [-0.25, -0.2) is 0 Å². The first-order chi connectivity index (χ1) is 8.70. The maximum absolute atomic E-state index is 9.33. The summed E-state index contributed by atoms with van der Waals surface area (Å²) in [5, 5.41) is 9.33. The lowest BCUT2D eigenvalue weighted by atomic mass is 9.96. The average molecular weight is 248 g/mol. The van der Waals surface area contributed by atoms with E-state index in [1.54, 1.807) is 0 Å². The number of aliphatic hydroxyl groups is 1. The first-order valence-corrected chi connectivity index (χ1v) is 6.80. The lowest BCUT2D eigenvalue weighted by Gasteiger charge is -2.33. The Morgan fingerprint density at radius 2 is 1.83 bits per heavy atom. The SMILES string of the molecule is CC(CO)c1ccccc1CN1CCN(C)CC1. The summed E-state index contributed by atoms with van der Waals surface area (Å²) < 4.78 is 0. The van der Waals surface area contributed by atoms with E-state index in [9.17, 15) is 5.11 Å². The van der Waals surface area contributed by atoms with Crippen LogP contribution in [0, 0.1) is 0 Å². The molecule has 0 saturated carbocycles. The predicted molar refractivity (Wildman–Crippen MR) is 74.7 cm³/mol. The van der Waals surface area contributed by atoms with Crippen LogP contribution in [0.5, 0.6) is 0 Å². The molecule has 1 aromatic rings. The van der Waals surface area contributed by atoms with E-state index in [-0.39, 0.29) is 12.5 Å². The van der Waals surface area contributed by atoms with E-state index in [4.69, 9.17) is 0 Å². The van der Waals surface area contributed by atoms with Gasteiger partial charge in [-0.1, -0.05) is 31.2 Å². The third-order valence-corrected chi connectivity index (χ3v) is 3.85. The Bertz CT molecular complexity index is 373. The van der Waals surface area contributed by atoms with Gasteiger partial charge in [0.25, 0.3) is 0 Å². The molecule has 1 fully saturated rings. The number of rotatable bonds is 4. The second-order valence-electron chi connectivity index (χ2n) is 5.36. The van der Waals surface area contributed by atoms with Crippen molar-refractivity contribution >= 4 is 0 Å². The summed E-state index contributed by atoms with van der Waals surface area (Å²) in [7, 11) is 2.18. The zero-order chi connectivity index (χ0) is 13.0. The van der Waals surface area contributed by atoms with Gasteiger partial charge in [-0.2, -0.15) is 0 Å². The summed E-state index contributed by atoms with van der Waals surface area (Å²) in [6.45, 7) is 7.89. The summed E-state index contributed by atoms with van der Waals surface area (Å²) in [6, 6.07) is 8.50. The zero-order valence-electron chi connectivity index (χ0n) is 11.5. The molecule has 1 atom stereocenters. The van der Waals surface area contributed by atoms with Crippen molar-refractivity contribution in [2.24, 2.45) is 0 Å². The van der Waals surface area contributed by atoms with Crippen LogP contribution in [0.3, 0.4) is 0 Å². The van der Waals surface area contributed by atoms with Gasteiger partial charge >= 0.3 is 0 Å². The topological polar surface area (TPSA) is 26.7 Å². The van der Waals surface area contributed by atoms with Gasteiger partial charge in [0.15, 0.2) is 0 Å². The van der Waals surface area contributed by atoms with Crippen LogP contribution in [0.15, 0.2) is 24.3 Å². The molecule has 1 aliphatic heterocycles. The Morgan fingerprint density at radius 1 is 1.17 bits per heavy atom. The Labute approximate surface area is 110 Å². The van der Waals surface area contributed by atoms with Gasteiger partial charge in [-0.3, -0.25) is 4.90 Å². The highest BCUT2D eigenvalue weighted by molar-refractivity contribution is 5.30. The van der Waals surface area contributed by atoms with Crippen molar-refractivity contribution in [1.82, 2.24) is 9.80 Å². The highest BCUT2D eigenvalue weighted by atomic mass is 16.3. The van der Waals surface area contributed by atoms with Crippen molar-refractivity contribution < 1.29 is 5.11 Å². The van der Waals surface area contributed by atoms with Gasteiger partial charge in [0, 0.05) is 45.2 Å². The molecule has 100 valence electrons. The third-order valence-electron chi connectivity index (χ3n) is 3.85. The highest BCUT2D eigenvalue weighted by Crippen LogP contribution is 2.21. The first-order valence-electron chi connectivity index (χ1n) is 6.80. The molecule has 2 rings (SSSR count). The van der Waals surface area contributed by atoms with E-state index in [0.29, 0.717) is 0 Å². The molecule has 1 N–H and O–H groups in total. The van der Waals surface area contributed by atoms with E-state index < -0.39 is 0 Å². The van der Waals surface area contributed by atoms with E-state index in [1.165, 1.54) is 11.1 Å². The average Bonchev–Trinajstić information content (AvgIpc) is 2.41. The molecule has 0 aromatic heterocycles. The smallest absolute Gasteiger partial charge is 0.0497 e. The Balaban J connectivity index is 2.04. The summed E-state index contributed by atoms with van der Waals surface area (Å²) in [6.07, 6.45) is 0. The fourth-order valence-electron chi connectivity index (χ4n) is 2.50. The number of likely N-dealkylation sites (N-methyl/N-ethyl adjacent to an activating group) is 1. The van der Waals surface area contributed by atoms with Crippen LogP contribution in [0.1, 0.15) is 24.0 Å². The molecule has 0 radical (unpaired) electrons. The van der Waals surface area contributed by atoms with E-state index in [0.717, 1.165) is 32.7 Å². The molecule has 3 nitrogen and oxygen atoms in total. The molecule has 0 aliphatic carbocycles. The van der Waals surface area contributed by atoms with Gasteiger partial charge < -0.3 is 10.0 Å². The molecule has 1 aliphatic rings. The van der Waals surface area contributed by atoms with E-state index >= 15 is 0 Å². The maximum atomic E-state index is 9.33. The van der Waals surface area contributed by atoms with Gasteiger partial charge in [0.05, 0.1) is 0 Å². The normalized spacial score (nSPS) is 19.9. The lowest BCUT2D eigenvalue weighted by molar-refractivity contribution is 0.147. The first kappa shape index (κ1) is 13.5. The minimum Gasteiger partial charge on any atom is -0.396 e. The Morgan fingerprint density at radius 3 is 2.50 bits per heavy atom. The van der Waals surface area contributed by atoms with Crippen LogP contribution in [-0.2, 0) is 6.54 Å². The predicted octanol–water partition coefficient (Wildman–Crippen LogP) is 1.53. The van der Waals surface area contributed by atoms with Crippen molar-refractivity contribution in [3.63, 3.8) is 0 Å². The largest absolute Gasteiger partial charge is 0.396 e. The van der Waals surface area contributed by atoms with Crippen molar-refractivity contribution in [3.8, 4) is 0 Å². The van der Waals surface area contributed by atoms with Gasteiger partial charge in [0.1, 0.15) is 0 Å². The second-order valence-corrected chi connectivity index (χ2v) is 5.36. The molecule has 1 aromatic carbocycles. The summed E-state index contributed by atoms with van der Waals surface area (Å²) >= 11 is 0. The zero-order valence-corrected chi connectivity index (χ0v) is 11.5. The summed E-state index contributed by atoms with van der Waals surface area (Å²) in [4.78, 5) is 4.88. The van der Waals surface area contributed by atoms with Crippen LogP contribution in [0.4, 0.5) is 0 Å². The van der Waals surface area contributed by atoms with Crippen LogP contribution < -0.4 is 0 Å². The van der Waals surface area contributed by atoms with Crippen LogP contribution in [0.25, 0.3) is 0 Å². The molecule has 0 amide bonds. The van der Waals surface area contributed by atoms with Gasteiger partial charge in [0.2, 0.25) is 0 Å². The summed E-state index contributed by atoms with van der Waals surface area (Å²) in [5.74, 6) is 0.230. The number of piperazine rings is 1. The van der Waals surface area contributed by atoms with Crippen molar-refractivity contribution in [3.05, 3.63) is 35.4 Å².